The Labute approximate surface area is 200 Å². The van der Waals surface area contributed by atoms with E-state index in [1.54, 1.807) is 44.1 Å². The summed E-state index contributed by atoms with van der Waals surface area (Å²) in [4.78, 5) is 49.4. The van der Waals surface area contributed by atoms with Crippen LogP contribution in [0.5, 0.6) is 5.75 Å². The van der Waals surface area contributed by atoms with Crippen LogP contribution in [0.25, 0.3) is 11.0 Å². The summed E-state index contributed by atoms with van der Waals surface area (Å²) in [5.41, 5.74) is -0.168. The molecule has 1 aliphatic rings. The summed E-state index contributed by atoms with van der Waals surface area (Å²) in [5.74, 6) is -1.14. The summed E-state index contributed by atoms with van der Waals surface area (Å²) < 4.78 is 27.8. The molecule has 34 heavy (non-hydrogen) atoms. The molecule has 1 fully saturated rings. The van der Waals surface area contributed by atoms with Crippen LogP contribution in [0.15, 0.2) is 33.5 Å². The van der Waals surface area contributed by atoms with E-state index in [2.05, 4.69) is 0 Å². The van der Waals surface area contributed by atoms with Gasteiger partial charge in [-0.2, -0.15) is 0 Å². The number of rotatable bonds is 7. The van der Waals surface area contributed by atoms with Crippen molar-refractivity contribution in [1.29, 1.82) is 0 Å². The molecule has 0 amide bonds. The van der Waals surface area contributed by atoms with Crippen molar-refractivity contribution in [3.63, 3.8) is 0 Å². The van der Waals surface area contributed by atoms with E-state index in [0.29, 0.717) is 11.3 Å². The fraction of sp³-hybridized carbons (Fsp3) is 0.478. The molecule has 3 rings (SSSR count). The first-order chi connectivity index (χ1) is 16.0. The highest BCUT2D eigenvalue weighted by molar-refractivity contribution is 7.99. The Bertz CT molecular complexity index is 1130. The van der Waals surface area contributed by atoms with Crippen LogP contribution >= 0.6 is 11.8 Å². The fourth-order valence-electron chi connectivity index (χ4n) is 3.58. The molecule has 0 saturated carbocycles. The van der Waals surface area contributed by atoms with Crippen molar-refractivity contribution in [2.45, 2.75) is 44.5 Å². The number of ether oxygens (including phenoxy) is 4. The maximum atomic E-state index is 12.5. The number of thioether (sulfide) groups is 1. The van der Waals surface area contributed by atoms with Gasteiger partial charge in [0.25, 0.3) is 0 Å². The Morgan fingerprint density at radius 2 is 1.76 bits per heavy atom. The highest BCUT2D eigenvalue weighted by Gasteiger charge is 2.48. The largest absolute Gasteiger partial charge is 0.476 e. The summed E-state index contributed by atoms with van der Waals surface area (Å²) in [7, 11) is 3.42. The van der Waals surface area contributed by atoms with Gasteiger partial charge in [0.15, 0.2) is 23.7 Å². The summed E-state index contributed by atoms with van der Waals surface area (Å²) in [6.45, 7) is 4.25. The molecule has 2 heterocycles. The van der Waals surface area contributed by atoms with Gasteiger partial charge in [-0.15, -0.1) is 11.8 Å². The van der Waals surface area contributed by atoms with Gasteiger partial charge >= 0.3 is 23.5 Å². The molecule has 0 radical (unpaired) electrons. The molecule has 2 aromatic rings. The quantitative estimate of drug-likeness (QED) is 0.319. The molecule has 1 aromatic carbocycles. The third-order valence-electron chi connectivity index (χ3n) is 4.89. The minimum absolute atomic E-state index is 0.0146. The summed E-state index contributed by atoms with van der Waals surface area (Å²) >= 11 is 1.25. The SMILES string of the molecule is CC(=O)O[C@@H]1[C@@H](OC(=O)CN(C)C)[C@H](Oc2ccc3c(C)cc(=O)oc3c2)SC[C@H]1OC(C)=O. The molecule has 11 heteroatoms. The van der Waals surface area contributed by atoms with Gasteiger partial charge in [-0.1, -0.05) is 0 Å². The lowest BCUT2D eigenvalue weighted by atomic mass is 10.1. The number of hydrogen-bond donors (Lipinski definition) is 0. The van der Waals surface area contributed by atoms with Gasteiger partial charge < -0.3 is 23.4 Å². The van der Waals surface area contributed by atoms with Gasteiger partial charge in [0.05, 0.1) is 6.54 Å². The van der Waals surface area contributed by atoms with Crippen LogP contribution in [0, 0.1) is 6.92 Å². The van der Waals surface area contributed by atoms with Crippen molar-refractivity contribution in [2.75, 3.05) is 26.4 Å². The van der Waals surface area contributed by atoms with Crippen LogP contribution in [-0.2, 0) is 28.6 Å². The molecule has 184 valence electrons. The Morgan fingerprint density at radius 3 is 2.41 bits per heavy atom. The van der Waals surface area contributed by atoms with E-state index >= 15 is 0 Å². The molecule has 0 N–H and O–H groups in total. The molecule has 1 saturated heterocycles. The van der Waals surface area contributed by atoms with Crippen LogP contribution in [0.4, 0.5) is 0 Å². The van der Waals surface area contributed by atoms with Crippen molar-refractivity contribution in [1.82, 2.24) is 4.90 Å². The number of carbonyl (C=O) groups is 3. The molecule has 1 aliphatic heterocycles. The Morgan fingerprint density at radius 1 is 1.06 bits per heavy atom. The second kappa shape index (κ2) is 10.9. The molecule has 0 unspecified atom stereocenters. The van der Waals surface area contributed by atoms with E-state index in [9.17, 15) is 19.2 Å². The van der Waals surface area contributed by atoms with Crippen molar-refractivity contribution in [3.8, 4) is 5.75 Å². The van der Waals surface area contributed by atoms with E-state index in [0.717, 1.165) is 10.9 Å². The van der Waals surface area contributed by atoms with Crippen LogP contribution < -0.4 is 10.4 Å². The first-order valence-corrected chi connectivity index (χ1v) is 11.6. The second-order valence-electron chi connectivity index (χ2n) is 8.14. The standard InChI is InChI=1S/C23H27NO9S/c1-12-8-19(27)32-17-9-15(6-7-16(12)17)31-23-22(33-20(28)10-24(4)5)21(30-14(3)26)18(11-34-23)29-13(2)25/h6-9,18,21-23H,10-11H2,1-5H3/t18-,21+,22-,23-/m1/s1. The minimum atomic E-state index is -1.07. The lowest BCUT2D eigenvalue weighted by molar-refractivity contribution is -0.187. The van der Waals surface area contributed by atoms with Gasteiger partial charge in [0, 0.05) is 37.1 Å². The molecule has 4 atom stereocenters. The van der Waals surface area contributed by atoms with Gasteiger partial charge in [-0.05, 0) is 38.7 Å². The van der Waals surface area contributed by atoms with E-state index in [4.69, 9.17) is 23.4 Å². The smallest absolute Gasteiger partial charge is 0.336 e. The van der Waals surface area contributed by atoms with Crippen LogP contribution in [0.1, 0.15) is 19.4 Å². The number of carbonyl (C=O) groups excluding carboxylic acids is 3. The predicted molar refractivity (Wildman–Crippen MR) is 124 cm³/mol. The van der Waals surface area contributed by atoms with Crippen molar-refractivity contribution < 1.29 is 37.7 Å². The van der Waals surface area contributed by atoms with Crippen molar-refractivity contribution >= 4 is 40.6 Å². The van der Waals surface area contributed by atoms with E-state index < -0.39 is 47.3 Å². The number of hydrogen-bond acceptors (Lipinski definition) is 11. The lowest BCUT2D eigenvalue weighted by Crippen LogP contribution is -2.56. The lowest BCUT2D eigenvalue weighted by Gasteiger charge is -2.40. The molecule has 0 bridgehead atoms. The topological polar surface area (TPSA) is 122 Å². The number of nitrogens with zero attached hydrogens (tertiary/aromatic N) is 1. The summed E-state index contributed by atoms with van der Waals surface area (Å²) in [5, 5.41) is 0.755. The molecule has 1 aromatic heterocycles. The monoisotopic (exact) mass is 493 g/mol. The summed E-state index contributed by atoms with van der Waals surface area (Å²) in [6, 6.07) is 6.43. The van der Waals surface area contributed by atoms with Crippen LogP contribution in [-0.4, -0.2) is 72.9 Å². The average molecular weight is 494 g/mol. The average Bonchev–Trinajstić information content (AvgIpc) is 2.70. The maximum Gasteiger partial charge on any atom is 0.336 e. The number of likely N-dealkylation sites (N-methyl/N-ethyl adjacent to an activating group) is 1. The highest BCUT2D eigenvalue weighted by Crippen LogP contribution is 2.35. The number of fused-ring (bicyclic) bond motifs is 1. The Balaban J connectivity index is 1.93. The Kier molecular flexibility index (Phi) is 8.21. The third kappa shape index (κ3) is 6.51. The molecule has 0 spiro atoms. The van der Waals surface area contributed by atoms with Gasteiger partial charge in [-0.25, -0.2) is 4.79 Å². The van der Waals surface area contributed by atoms with Gasteiger partial charge in [-0.3, -0.25) is 19.3 Å². The van der Waals surface area contributed by atoms with Gasteiger partial charge in [0.1, 0.15) is 11.3 Å². The second-order valence-corrected chi connectivity index (χ2v) is 9.27. The van der Waals surface area contributed by atoms with Crippen molar-refractivity contribution in [2.24, 2.45) is 0 Å². The number of benzene rings is 1. The van der Waals surface area contributed by atoms with Crippen LogP contribution in [0.2, 0.25) is 0 Å². The number of esters is 3. The molecule has 0 aliphatic carbocycles. The zero-order valence-corrected chi connectivity index (χ0v) is 20.4. The highest BCUT2D eigenvalue weighted by atomic mass is 32.2. The Hall–Kier alpha value is -3.05. The first kappa shape index (κ1) is 25.6. The minimum Gasteiger partial charge on any atom is -0.476 e. The van der Waals surface area contributed by atoms with E-state index in [-0.39, 0.29) is 12.3 Å². The predicted octanol–water partition coefficient (Wildman–Crippen LogP) is 1.89. The third-order valence-corrected chi connectivity index (χ3v) is 6.10. The van der Waals surface area contributed by atoms with Gasteiger partial charge in [0.2, 0.25) is 0 Å². The summed E-state index contributed by atoms with van der Waals surface area (Å²) in [6.07, 6.45) is -2.97. The first-order valence-electron chi connectivity index (χ1n) is 10.5. The fourth-order valence-corrected chi connectivity index (χ4v) is 4.79. The van der Waals surface area contributed by atoms with E-state index in [1.165, 1.54) is 31.7 Å². The normalized spacial score (nSPS) is 22.3. The molecular formula is C23H27NO9S. The molecular weight excluding hydrogens is 466 g/mol. The number of aryl methyl sites for hydroxylation is 1. The zero-order valence-electron chi connectivity index (χ0n) is 19.6. The van der Waals surface area contributed by atoms with E-state index in [1.807, 2.05) is 0 Å². The van der Waals surface area contributed by atoms with Crippen molar-refractivity contribution in [3.05, 3.63) is 40.2 Å². The maximum absolute atomic E-state index is 12.5. The van der Waals surface area contributed by atoms with Crippen LogP contribution in [0.3, 0.4) is 0 Å². The molecule has 10 nitrogen and oxygen atoms in total. The zero-order chi connectivity index (χ0) is 25.0.